The van der Waals surface area contributed by atoms with Gasteiger partial charge in [0.15, 0.2) is 0 Å². The summed E-state index contributed by atoms with van der Waals surface area (Å²) in [5.74, 6) is 0.861. The molecule has 4 heteroatoms. The maximum Gasteiger partial charge on any atom is 0.123 e. The number of methoxy groups -OCH3 is 1. The van der Waals surface area contributed by atoms with Gasteiger partial charge < -0.3 is 10.1 Å². The zero-order valence-electron chi connectivity index (χ0n) is 10.8. The molecule has 2 rings (SSSR count). The van der Waals surface area contributed by atoms with Crippen LogP contribution in [0.15, 0.2) is 40.9 Å². The molecule has 0 amide bonds. The first-order chi connectivity index (χ1) is 9.10. The van der Waals surface area contributed by atoms with Crippen molar-refractivity contribution in [2.24, 2.45) is 0 Å². The molecule has 0 bridgehead atoms. The fourth-order valence-electron chi connectivity index (χ4n) is 1.85. The van der Waals surface area contributed by atoms with Crippen LogP contribution in [-0.2, 0) is 6.54 Å². The Morgan fingerprint density at radius 2 is 2.00 bits per heavy atom. The standard InChI is InChI=1S/C15H15BrClNO/c1-10-3-5-13(17)14(7-10)18-9-11-8-12(16)4-6-15(11)19-2/h3-8,18H,9H2,1-2H3. The Morgan fingerprint density at radius 1 is 1.21 bits per heavy atom. The van der Waals surface area contributed by atoms with Crippen molar-refractivity contribution in [1.82, 2.24) is 0 Å². The van der Waals surface area contributed by atoms with Crippen LogP contribution in [0.1, 0.15) is 11.1 Å². The van der Waals surface area contributed by atoms with Crippen molar-refractivity contribution in [2.45, 2.75) is 13.5 Å². The van der Waals surface area contributed by atoms with Crippen LogP contribution in [0, 0.1) is 6.92 Å². The largest absolute Gasteiger partial charge is 0.496 e. The molecule has 100 valence electrons. The summed E-state index contributed by atoms with van der Waals surface area (Å²) in [5.41, 5.74) is 3.19. The molecule has 0 fully saturated rings. The summed E-state index contributed by atoms with van der Waals surface area (Å²) in [6, 6.07) is 11.9. The predicted octanol–water partition coefficient (Wildman–Crippen LogP) is 5.03. The van der Waals surface area contributed by atoms with E-state index in [1.807, 2.05) is 43.3 Å². The van der Waals surface area contributed by atoms with Crippen LogP contribution in [-0.4, -0.2) is 7.11 Å². The number of hydrogen-bond acceptors (Lipinski definition) is 2. The summed E-state index contributed by atoms with van der Waals surface area (Å²) in [6.07, 6.45) is 0. The number of rotatable bonds is 4. The van der Waals surface area contributed by atoms with Gasteiger partial charge in [0.25, 0.3) is 0 Å². The van der Waals surface area contributed by atoms with E-state index < -0.39 is 0 Å². The van der Waals surface area contributed by atoms with E-state index in [4.69, 9.17) is 16.3 Å². The monoisotopic (exact) mass is 339 g/mol. The van der Waals surface area contributed by atoms with Crippen LogP contribution in [0.5, 0.6) is 5.75 Å². The number of hydrogen-bond donors (Lipinski definition) is 1. The number of nitrogens with one attached hydrogen (secondary N) is 1. The average Bonchev–Trinajstić information content (AvgIpc) is 2.40. The van der Waals surface area contributed by atoms with E-state index in [2.05, 4.69) is 21.2 Å². The number of halogens is 2. The molecule has 2 aromatic rings. The molecule has 0 saturated heterocycles. The fraction of sp³-hybridized carbons (Fsp3) is 0.200. The summed E-state index contributed by atoms with van der Waals surface area (Å²) in [5, 5.41) is 4.06. The van der Waals surface area contributed by atoms with Crippen molar-refractivity contribution in [1.29, 1.82) is 0 Å². The second kappa shape index (κ2) is 6.31. The molecule has 0 aliphatic carbocycles. The fourth-order valence-corrected chi connectivity index (χ4v) is 2.44. The van der Waals surface area contributed by atoms with Crippen LogP contribution >= 0.6 is 27.5 Å². The first-order valence-corrected chi connectivity index (χ1v) is 7.09. The Hall–Kier alpha value is -1.19. The van der Waals surface area contributed by atoms with E-state index >= 15 is 0 Å². The Bertz CT molecular complexity index is 586. The molecule has 0 aliphatic heterocycles. The maximum atomic E-state index is 6.16. The summed E-state index contributed by atoms with van der Waals surface area (Å²) in [7, 11) is 1.67. The number of benzene rings is 2. The molecule has 2 nitrogen and oxygen atoms in total. The van der Waals surface area contributed by atoms with Gasteiger partial charge in [0, 0.05) is 16.6 Å². The Morgan fingerprint density at radius 3 is 2.74 bits per heavy atom. The zero-order chi connectivity index (χ0) is 13.8. The highest BCUT2D eigenvalue weighted by Crippen LogP contribution is 2.27. The highest BCUT2D eigenvalue weighted by molar-refractivity contribution is 9.10. The van der Waals surface area contributed by atoms with E-state index in [1.54, 1.807) is 7.11 Å². The van der Waals surface area contributed by atoms with Crippen molar-refractivity contribution < 1.29 is 4.74 Å². The Labute approximate surface area is 126 Å². The zero-order valence-corrected chi connectivity index (χ0v) is 13.2. The van der Waals surface area contributed by atoms with E-state index in [0.717, 1.165) is 26.5 Å². The van der Waals surface area contributed by atoms with Gasteiger partial charge in [-0.3, -0.25) is 0 Å². The van der Waals surface area contributed by atoms with Gasteiger partial charge in [-0.15, -0.1) is 0 Å². The van der Waals surface area contributed by atoms with Gasteiger partial charge in [0.1, 0.15) is 5.75 Å². The Balaban J connectivity index is 2.18. The number of aryl methyl sites for hydroxylation is 1. The predicted molar refractivity (Wildman–Crippen MR) is 84.2 cm³/mol. The topological polar surface area (TPSA) is 21.3 Å². The van der Waals surface area contributed by atoms with Gasteiger partial charge in [0.05, 0.1) is 17.8 Å². The third-order valence-electron chi connectivity index (χ3n) is 2.83. The second-order valence-electron chi connectivity index (χ2n) is 4.29. The first kappa shape index (κ1) is 14.2. The van der Waals surface area contributed by atoms with Crippen LogP contribution in [0.4, 0.5) is 5.69 Å². The van der Waals surface area contributed by atoms with E-state index in [9.17, 15) is 0 Å². The lowest BCUT2D eigenvalue weighted by atomic mass is 10.2. The SMILES string of the molecule is COc1ccc(Br)cc1CNc1cc(C)ccc1Cl. The highest BCUT2D eigenvalue weighted by Gasteiger charge is 2.05. The van der Waals surface area contributed by atoms with Crippen molar-refractivity contribution in [3.05, 3.63) is 57.0 Å². The molecule has 0 atom stereocenters. The third kappa shape index (κ3) is 3.64. The van der Waals surface area contributed by atoms with E-state index in [0.29, 0.717) is 6.54 Å². The minimum absolute atomic E-state index is 0.659. The number of ether oxygens (including phenoxy) is 1. The molecule has 0 heterocycles. The van der Waals surface area contributed by atoms with Crippen LogP contribution in [0.3, 0.4) is 0 Å². The van der Waals surface area contributed by atoms with Gasteiger partial charge in [-0.25, -0.2) is 0 Å². The van der Waals surface area contributed by atoms with Crippen molar-refractivity contribution in [2.75, 3.05) is 12.4 Å². The molecule has 0 spiro atoms. The van der Waals surface area contributed by atoms with Gasteiger partial charge >= 0.3 is 0 Å². The normalized spacial score (nSPS) is 10.3. The maximum absolute atomic E-state index is 6.16. The quantitative estimate of drug-likeness (QED) is 0.842. The van der Waals surface area contributed by atoms with Crippen molar-refractivity contribution in [3.8, 4) is 5.75 Å². The molecule has 0 aliphatic rings. The molecule has 19 heavy (non-hydrogen) atoms. The van der Waals surface area contributed by atoms with Crippen LogP contribution in [0.25, 0.3) is 0 Å². The van der Waals surface area contributed by atoms with E-state index in [1.165, 1.54) is 5.56 Å². The molecule has 1 N–H and O–H groups in total. The molecular formula is C15H15BrClNO. The lowest BCUT2D eigenvalue weighted by Gasteiger charge is -2.12. The van der Waals surface area contributed by atoms with E-state index in [-0.39, 0.29) is 0 Å². The summed E-state index contributed by atoms with van der Waals surface area (Å²) in [6.45, 7) is 2.70. The molecular weight excluding hydrogens is 326 g/mol. The first-order valence-electron chi connectivity index (χ1n) is 5.92. The lowest BCUT2D eigenvalue weighted by Crippen LogP contribution is -2.02. The van der Waals surface area contributed by atoms with Crippen molar-refractivity contribution >= 4 is 33.2 Å². The molecule has 0 aromatic heterocycles. The minimum Gasteiger partial charge on any atom is -0.496 e. The van der Waals surface area contributed by atoms with Crippen LogP contribution < -0.4 is 10.1 Å². The smallest absolute Gasteiger partial charge is 0.123 e. The number of anilines is 1. The molecule has 0 unspecified atom stereocenters. The molecule has 0 saturated carbocycles. The summed E-state index contributed by atoms with van der Waals surface area (Å²) >= 11 is 9.63. The van der Waals surface area contributed by atoms with Gasteiger partial charge in [-0.2, -0.15) is 0 Å². The Kier molecular flexibility index (Phi) is 4.72. The average molecular weight is 341 g/mol. The van der Waals surface area contributed by atoms with Gasteiger partial charge in [0.2, 0.25) is 0 Å². The van der Waals surface area contributed by atoms with Gasteiger partial charge in [-0.05, 0) is 42.8 Å². The molecule has 2 aromatic carbocycles. The summed E-state index contributed by atoms with van der Waals surface area (Å²) < 4.78 is 6.38. The second-order valence-corrected chi connectivity index (χ2v) is 5.62. The van der Waals surface area contributed by atoms with Crippen molar-refractivity contribution in [3.63, 3.8) is 0 Å². The molecule has 0 radical (unpaired) electrons. The third-order valence-corrected chi connectivity index (χ3v) is 3.66. The van der Waals surface area contributed by atoms with Crippen LogP contribution in [0.2, 0.25) is 5.02 Å². The minimum atomic E-state index is 0.659. The van der Waals surface area contributed by atoms with Gasteiger partial charge in [-0.1, -0.05) is 33.6 Å². The highest BCUT2D eigenvalue weighted by atomic mass is 79.9. The lowest BCUT2D eigenvalue weighted by molar-refractivity contribution is 0.410. The summed E-state index contributed by atoms with van der Waals surface area (Å²) in [4.78, 5) is 0.